The summed E-state index contributed by atoms with van der Waals surface area (Å²) in [6.45, 7) is 9.72. The summed E-state index contributed by atoms with van der Waals surface area (Å²) in [5, 5.41) is 0.892. The first-order valence-corrected chi connectivity index (χ1v) is 10.3. The predicted octanol–water partition coefficient (Wildman–Crippen LogP) is 5.49. The minimum atomic E-state index is -0.346. The average molecular weight is 383 g/mol. The third-order valence-corrected chi connectivity index (χ3v) is 6.88. The molecule has 0 aliphatic carbocycles. The molecule has 1 aromatic carbocycles. The van der Waals surface area contributed by atoms with E-state index in [2.05, 4.69) is 33.8 Å². The largest absolute Gasteiger partial charge is 0.489 e. The lowest BCUT2D eigenvalue weighted by Gasteiger charge is -2.39. The van der Waals surface area contributed by atoms with E-state index in [-0.39, 0.29) is 16.6 Å². The standard InChI is InChI=1S/C24H30O4/c1-16(5-9-20-23(2,3)21-11-13-24(20,4)28-21)12-14-26-18-8-6-17-7-10-22(25)27-19(17)15-18/h6-8,10,12,15,20-21H,5,9,11,13-14H2,1-4H3/b16-12+/t20-,21+,24-/m1/s1. The van der Waals surface area contributed by atoms with Crippen molar-refractivity contribution in [3.8, 4) is 5.75 Å². The van der Waals surface area contributed by atoms with E-state index < -0.39 is 0 Å². The minimum Gasteiger partial charge on any atom is -0.489 e. The summed E-state index contributed by atoms with van der Waals surface area (Å²) in [5.74, 6) is 1.31. The van der Waals surface area contributed by atoms with Crippen molar-refractivity contribution in [3.63, 3.8) is 0 Å². The van der Waals surface area contributed by atoms with Gasteiger partial charge in [-0.2, -0.15) is 0 Å². The van der Waals surface area contributed by atoms with E-state index >= 15 is 0 Å². The molecule has 1 aromatic heterocycles. The molecule has 0 spiro atoms. The van der Waals surface area contributed by atoms with Crippen LogP contribution in [0.15, 0.2) is 51.2 Å². The summed E-state index contributed by atoms with van der Waals surface area (Å²) in [5.41, 5.74) is 1.87. The zero-order valence-electron chi connectivity index (χ0n) is 17.3. The molecule has 0 amide bonds. The highest BCUT2D eigenvalue weighted by molar-refractivity contribution is 5.77. The Morgan fingerprint density at radius 3 is 2.79 bits per heavy atom. The highest BCUT2D eigenvalue weighted by atomic mass is 16.5. The lowest BCUT2D eigenvalue weighted by atomic mass is 9.62. The van der Waals surface area contributed by atoms with Crippen molar-refractivity contribution in [3.05, 3.63) is 52.4 Å². The van der Waals surface area contributed by atoms with Crippen LogP contribution in [-0.2, 0) is 4.74 Å². The van der Waals surface area contributed by atoms with Gasteiger partial charge in [0.2, 0.25) is 0 Å². The van der Waals surface area contributed by atoms with Gasteiger partial charge in [-0.25, -0.2) is 4.79 Å². The molecule has 0 radical (unpaired) electrons. The topological polar surface area (TPSA) is 48.7 Å². The van der Waals surface area contributed by atoms with Crippen LogP contribution in [0.1, 0.15) is 53.4 Å². The lowest BCUT2D eigenvalue weighted by Crippen LogP contribution is -2.40. The van der Waals surface area contributed by atoms with Crippen LogP contribution in [0.5, 0.6) is 5.75 Å². The second-order valence-corrected chi connectivity index (χ2v) is 9.19. The van der Waals surface area contributed by atoms with Gasteiger partial charge in [0.05, 0.1) is 11.7 Å². The van der Waals surface area contributed by atoms with Crippen molar-refractivity contribution in [1.29, 1.82) is 0 Å². The van der Waals surface area contributed by atoms with Crippen molar-refractivity contribution in [1.82, 2.24) is 0 Å². The van der Waals surface area contributed by atoms with E-state index in [4.69, 9.17) is 13.9 Å². The van der Waals surface area contributed by atoms with Crippen molar-refractivity contribution in [2.24, 2.45) is 11.3 Å². The van der Waals surface area contributed by atoms with Crippen LogP contribution in [0.25, 0.3) is 11.0 Å². The molecule has 2 saturated heterocycles. The summed E-state index contributed by atoms with van der Waals surface area (Å²) in [4.78, 5) is 11.4. The first-order valence-electron chi connectivity index (χ1n) is 10.3. The van der Waals surface area contributed by atoms with E-state index in [0.29, 0.717) is 30.0 Å². The molecule has 2 aliphatic rings. The maximum atomic E-state index is 11.4. The van der Waals surface area contributed by atoms with Crippen LogP contribution in [0.4, 0.5) is 0 Å². The number of rotatable bonds is 6. The zero-order chi connectivity index (χ0) is 19.9. The van der Waals surface area contributed by atoms with E-state index in [1.165, 1.54) is 24.5 Å². The van der Waals surface area contributed by atoms with Gasteiger partial charge in [0.15, 0.2) is 0 Å². The molecule has 0 N–H and O–H groups in total. The van der Waals surface area contributed by atoms with E-state index in [9.17, 15) is 4.79 Å². The molecule has 2 fully saturated rings. The number of benzene rings is 1. The maximum absolute atomic E-state index is 11.4. The van der Waals surface area contributed by atoms with Crippen LogP contribution in [-0.4, -0.2) is 18.3 Å². The van der Waals surface area contributed by atoms with Gasteiger partial charge in [-0.05, 0) is 75.1 Å². The van der Waals surface area contributed by atoms with Crippen molar-refractivity contribution in [2.75, 3.05) is 6.61 Å². The number of allylic oxidation sites excluding steroid dienone is 1. The Bertz CT molecular complexity index is 950. The fraction of sp³-hybridized carbons (Fsp3) is 0.542. The molecule has 28 heavy (non-hydrogen) atoms. The Morgan fingerprint density at radius 2 is 2.04 bits per heavy atom. The lowest BCUT2D eigenvalue weighted by molar-refractivity contribution is 0.00469. The first kappa shape index (κ1) is 19.3. The molecule has 3 heterocycles. The number of hydrogen-bond acceptors (Lipinski definition) is 4. The molecule has 3 atom stereocenters. The molecule has 0 saturated carbocycles. The monoisotopic (exact) mass is 382 g/mol. The maximum Gasteiger partial charge on any atom is 0.336 e. The van der Waals surface area contributed by atoms with Gasteiger partial charge < -0.3 is 13.9 Å². The van der Waals surface area contributed by atoms with E-state index in [1.54, 1.807) is 12.1 Å². The fourth-order valence-corrected chi connectivity index (χ4v) is 5.21. The summed E-state index contributed by atoms with van der Waals surface area (Å²) in [7, 11) is 0. The normalized spacial score (nSPS) is 28.8. The fourth-order valence-electron chi connectivity index (χ4n) is 5.21. The third-order valence-electron chi connectivity index (χ3n) is 6.88. The zero-order valence-corrected chi connectivity index (χ0v) is 17.3. The van der Waals surface area contributed by atoms with Crippen LogP contribution < -0.4 is 10.4 Å². The Labute approximate surface area is 166 Å². The van der Waals surface area contributed by atoms with E-state index in [1.807, 2.05) is 12.1 Å². The molecule has 4 rings (SSSR count). The van der Waals surface area contributed by atoms with Gasteiger partial charge in [-0.15, -0.1) is 0 Å². The molecule has 4 heteroatoms. The number of ether oxygens (including phenoxy) is 2. The summed E-state index contributed by atoms with van der Waals surface area (Å²) >= 11 is 0. The SMILES string of the molecule is C/C(=C\COc1ccc2ccc(=O)oc2c1)CC[C@@H]1C(C)(C)[C@@H]2CC[C@@]1(C)O2. The molecule has 2 bridgehead atoms. The van der Waals surface area contributed by atoms with Gasteiger partial charge in [0, 0.05) is 17.5 Å². The first-order chi connectivity index (χ1) is 13.3. The molecule has 0 unspecified atom stereocenters. The van der Waals surface area contributed by atoms with Crippen molar-refractivity contribution >= 4 is 11.0 Å². The second kappa shape index (κ2) is 7.07. The quantitative estimate of drug-likeness (QED) is 0.489. The van der Waals surface area contributed by atoms with Gasteiger partial charge in [-0.1, -0.05) is 19.4 Å². The van der Waals surface area contributed by atoms with Gasteiger partial charge >= 0.3 is 5.63 Å². The molecular weight excluding hydrogens is 352 g/mol. The second-order valence-electron chi connectivity index (χ2n) is 9.19. The Kier molecular flexibility index (Phi) is 4.86. The molecule has 150 valence electrons. The Balaban J connectivity index is 1.33. The summed E-state index contributed by atoms with van der Waals surface area (Å²) in [6, 6.07) is 8.77. The Hall–Kier alpha value is -2.07. The molecule has 2 aromatic rings. The molecule has 2 aliphatic heterocycles. The third kappa shape index (κ3) is 3.50. The number of hydrogen-bond donors (Lipinski definition) is 0. The summed E-state index contributed by atoms with van der Waals surface area (Å²) in [6.07, 6.45) is 7.18. The van der Waals surface area contributed by atoms with Crippen molar-refractivity contribution < 1.29 is 13.9 Å². The van der Waals surface area contributed by atoms with Gasteiger partial charge in [-0.3, -0.25) is 0 Å². The number of fused-ring (bicyclic) bond motifs is 3. The van der Waals surface area contributed by atoms with Crippen molar-refractivity contribution in [2.45, 2.75) is 65.1 Å². The molecular formula is C24H30O4. The smallest absolute Gasteiger partial charge is 0.336 e. The van der Waals surface area contributed by atoms with Gasteiger partial charge in [0.25, 0.3) is 0 Å². The average Bonchev–Trinajstić information content (AvgIpc) is 3.12. The van der Waals surface area contributed by atoms with Crippen LogP contribution >= 0.6 is 0 Å². The highest BCUT2D eigenvalue weighted by Crippen LogP contribution is 2.59. The van der Waals surface area contributed by atoms with Crippen LogP contribution in [0.3, 0.4) is 0 Å². The predicted molar refractivity (Wildman–Crippen MR) is 111 cm³/mol. The van der Waals surface area contributed by atoms with Crippen LogP contribution in [0, 0.1) is 11.3 Å². The highest BCUT2D eigenvalue weighted by Gasteiger charge is 2.60. The van der Waals surface area contributed by atoms with E-state index in [0.717, 1.165) is 18.2 Å². The minimum absolute atomic E-state index is 0.0555. The van der Waals surface area contributed by atoms with Gasteiger partial charge in [0.1, 0.15) is 17.9 Å². The van der Waals surface area contributed by atoms with Crippen LogP contribution in [0.2, 0.25) is 0 Å². The summed E-state index contributed by atoms with van der Waals surface area (Å²) < 4.78 is 17.4. The Morgan fingerprint density at radius 1 is 1.25 bits per heavy atom. The molecule has 4 nitrogen and oxygen atoms in total.